The van der Waals surface area contributed by atoms with Crippen LogP contribution >= 0.6 is 0 Å². The Balaban J connectivity index is 0.000000162. The maximum Gasteiger partial charge on any atom is 0.169 e. The summed E-state index contributed by atoms with van der Waals surface area (Å²) < 4.78 is 0. The van der Waals surface area contributed by atoms with Crippen molar-refractivity contribution in [1.29, 1.82) is 0 Å². The van der Waals surface area contributed by atoms with E-state index in [1.54, 1.807) is 0 Å². The number of likely N-dealkylation sites (tertiary alicyclic amines) is 2. The molecule has 4 aliphatic rings. The van der Waals surface area contributed by atoms with Gasteiger partial charge in [-0.05, 0) is 101 Å². The van der Waals surface area contributed by atoms with E-state index in [0.29, 0.717) is 11.6 Å². The number of carbonyl (C=O) groups is 2. The lowest BCUT2D eigenvalue weighted by Crippen LogP contribution is -2.46. The molecule has 0 amide bonds. The van der Waals surface area contributed by atoms with Gasteiger partial charge >= 0.3 is 0 Å². The van der Waals surface area contributed by atoms with E-state index in [1.165, 1.54) is 16.7 Å². The van der Waals surface area contributed by atoms with E-state index in [9.17, 15) is 9.59 Å². The minimum atomic E-state index is -0.103. The molecule has 0 saturated carbocycles. The highest BCUT2D eigenvalue weighted by Gasteiger charge is 2.45. The summed E-state index contributed by atoms with van der Waals surface area (Å²) in [7, 11) is 0. The van der Waals surface area contributed by atoms with E-state index in [2.05, 4.69) is 65.3 Å². The molecule has 3 aromatic carbocycles. The summed E-state index contributed by atoms with van der Waals surface area (Å²) in [5, 5.41) is 0. The van der Waals surface area contributed by atoms with E-state index in [1.807, 2.05) is 42.5 Å². The Morgan fingerprint density at radius 3 is 1.58 bits per heavy atom. The van der Waals surface area contributed by atoms with Crippen LogP contribution in [-0.4, -0.2) is 60.6 Å². The van der Waals surface area contributed by atoms with E-state index in [4.69, 9.17) is 0 Å². The molecule has 2 heterocycles. The third kappa shape index (κ3) is 6.32. The molecule has 43 heavy (non-hydrogen) atoms. The molecule has 2 fully saturated rings. The van der Waals surface area contributed by atoms with Crippen LogP contribution in [0.2, 0.25) is 0 Å². The van der Waals surface area contributed by atoms with Crippen LogP contribution in [0.5, 0.6) is 0 Å². The van der Waals surface area contributed by atoms with E-state index < -0.39 is 0 Å². The zero-order valence-electron chi connectivity index (χ0n) is 25.8. The molecule has 0 aromatic heterocycles. The van der Waals surface area contributed by atoms with Crippen molar-refractivity contribution in [2.45, 2.75) is 58.3 Å². The van der Waals surface area contributed by atoms with Gasteiger partial charge in [0.1, 0.15) is 0 Å². The lowest BCUT2D eigenvalue weighted by Gasteiger charge is -2.43. The number of fused-ring (bicyclic) bond motifs is 2. The molecule has 7 rings (SSSR count). The fraction of sp³-hybridized carbons (Fsp3) is 0.436. The highest BCUT2D eigenvalue weighted by atomic mass is 16.1. The quantitative estimate of drug-likeness (QED) is 0.323. The number of rotatable bonds is 4. The number of nitrogens with zero attached hydrogens (tertiary/aromatic N) is 2. The first-order valence-electron chi connectivity index (χ1n) is 16.4. The third-order valence-electron chi connectivity index (χ3n) is 10.8. The second-order valence-electron chi connectivity index (χ2n) is 13.1. The van der Waals surface area contributed by atoms with Gasteiger partial charge in [-0.15, -0.1) is 0 Å². The lowest BCUT2D eigenvalue weighted by molar-refractivity contribution is 0.0549. The van der Waals surface area contributed by atoms with Gasteiger partial charge in [-0.2, -0.15) is 0 Å². The molecule has 2 aliphatic heterocycles. The first-order chi connectivity index (χ1) is 21.0. The SMILES string of the molecule is CCN1CCC2(CCc3ccccc3C2=O)CC1.O=C1c2ccccc2CCC12CCN(C/C=C/c1ccccc1)CC2. The van der Waals surface area contributed by atoms with Gasteiger partial charge in [-0.1, -0.05) is 97.9 Å². The van der Waals surface area contributed by atoms with Crippen molar-refractivity contribution < 1.29 is 9.59 Å². The highest BCUT2D eigenvalue weighted by molar-refractivity contribution is 6.03. The predicted molar refractivity (Wildman–Crippen MR) is 176 cm³/mol. The maximum absolute atomic E-state index is 13.1. The number of aryl methyl sites for hydroxylation is 2. The summed E-state index contributed by atoms with van der Waals surface area (Å²) in [6.07, 6.45) is 12.7. The predicted octanol–water partition coefficient (Wildman–Crippen LogP) is 7.53. The zero-order valence-corrected chi connectivity index (χ0v) is 25.8. The summed E-state index contributed by atoms with van der Waals surface area (Å²) in [5.41, 5.74) is 5.57. The monoisotopic (exact) mass is 574 g/mol. The van der Waals surface area contributed by atoms with Crippen molar-refractivity contribution in [3.8, 4) is 0 Å². The number of hydrogen-bond donors (Lipinski definition) is 0. The Hall–Kier alpha value is -3.34. The summed E-state index contributed by atoms with van der Waals surface area (Å²) >= 11 is 0. The van der Waals surface area contributed by atoms with Crippen LogP contribution in [0.1, 0.15) is 82.9 Å². The van der Waals surface area contributed by atoms with Crippen molar-refractivity contribution >= 4 is 17.6 Å². The highest BCUT2D eigenvalue weighted by Crippen LogP contribution is 2.44. The van der Waals surface area contributed by atoms with Crippen LogP contribution < -0.4 is 0 Å². The van der Waals surface area contributed by atoms with Crippen LogP contribution in [0.15, 0.2) is 84.9 Å². The van der Waals surface area contributed by atoms with E-state index >= 15 is 0 Å². The van der Waals surface area contributed by atoms with Crippen molar-refractivity contribution in [1.82, 2.24) is 9.80 Å². The first kappa shape index (κ1) is 29.7. The molecule has 2 saturated heterocycles. The fourth-order valence-corrected chi connectivity index (χ4v) is 7.78. The third-order valence-corrected chi connectivity index (χ3v) is 10.8. The molecule has 2 aliphatic carbocycles. The molecule has 0 unspecified atom stereocenters. The number of hydrogen-bond acceptors (Lipinski definition) is 4. The molecule has 0 radical (unpaired) electrons. The van der Waals surface area contributed by atoms with Crippen LogP contribution in [0.3, 0.4) is 0 Å². The minimum absolute atomic E-state index is 0.0416. The van der Waals surface area contributed by atoms with E-state index in [0.717, 1.165) is 102 Å². The summed E-state index contributed by atoms with van der Waals surface area (Å²) in [4.78, 5) is 30.8. The topological polar surface area (TPSA) is 40.6 Å². The summed E-state index contributed by atoms with van der Waals surface area (Å²) in [5.74, 6) is 0.814. The Labute approximate surface area is 257 Å². The van der Waals surface area contributed by atoms with Gasteiger partial charge in [-0.25, -0.2) is 0 Å². The molecule has 0 atom stereocenters. The number of piperidine rings is 2. The van der Waals surface area contributed by atoms with Crippen LogP contribution in [0, 0.1) is 10.8 Å². The van der Waals surface area contributed by atoms with Gasteiger partial charge in [-0.3, -0.25) is 14.5 Å². The Bertz CT molecular complexity index is 1440. The zero-order chi connectivity index (χ0) is 29.7. The molecule has 3 aromatic rings. The average molecular weight is 575 g/mol. The summed E-state index contributed by atoms with van der Waals surface area (Å²) in [6.45, 7) is 8.50. The smallest absolute Gasteiger partial charge is 0.169 e. The Morgan fingerprint density at radius 2 is 1.07 bits per heavy atom. The van der Waals surface area contributed by atoms with Crippen LogP contribution in [-0.2, 0) is 12.8 Å². The first-order valence-corrected chi connectivity index (χ1v) is 16.4. The van der Waals surface area contributed by atoms with Gasteiger partial charge in [0.2, 0.25) is 0 Å². The molecule has 224 valence electrons. The molecule has 2 spiro atoms. The summed E-state index contributed by atoms with van der Waals surface area (Å²) in [6, 6.07) is 26.8. The van der Waals surface area contributed by atoms with Gasteiger partial charge in [0.15, 0.2) is 11.6 Å². The molecular formula is C39H46N2O2. The molecule has 4 heteroatoms. The van der Waals surface area contributed by atoms with Gasteiger partial charge < -0.3 is 4.90 Å². The second kappa shape index (κ2) is 13.1. The van der Waals surface area contributed by atoms with Crippen molar-refractivity contribution in [2.75, 3.05) is 39.3 Å². The van der Waals surface area contributed by atoms with Gasteiger partial charge in [0.05, 0.1) is 0 Å². The van der Waals surface area contributed by atoms with Crippen molar-refractivity contribution in [2.24, 2.45) is 10.8 Å². The number of carbonyl (C=O) groups excluding carboxylic acids is 2. The molecule has 0 N–H and O–H groups in total. The standard InChI is InChI=1S/C23H25NO.C16H21NO/c25-22-21-11-5-4-10-20(21)12-13-23(22)14-17-24(18-15-23)16-6-9-19-7-2-1-3-8-19;1-2-17-11-9-16(10-12-17)8-7-13-5-3-4-6-14(13)15(16)18/h1-11H,12-18H2;3-6H,2,7-12H2,1H3/b9-6+;. The van der Waals surface area contributed by atoms with E-state index in [-0.39, 0.29) is 10.8 Å². The van der Waals surface area contributed by atoms with Crippen LogP contribution in [0.25, 0.3) is 6.08 Å². The average Bonchev–Trinajstić information content (AvgIpc) is 3.07. The Morgan fingerprint density at radius 1 is 0.605 bits per heavy atom. The normalized spacial score (nSPS) is 21.3. The Kier molecular flexibility index (Phi) is 9.06. The maximum atomic E-state index is 13.1. The van der Waals surface area contributed by atoms with Crippen LogP contribution in [0.4, 0.5) is 0 Å². The van der Waals surface area contributed by atoms with Crippen molar-refractivity contribution in [3.63, 3.8) is 0 Å². The molecular weight excluding hydrogens is 528 g/mol. The number of ketones is 2. The van der Waals surface area contributed by atoms with Gasteiger partial charge in [0, 0.05) is 28.5 Å². The number of Topliss-reactive ketones (excluding diaryl/α,β-unsaturated/α-hetero) is 2. The molecule has 0 bridgehead atoms. The largest absolute Gasteiger partial charge is 0.304 e. The molecule has 4 nitrogen and oxygen atoms in total. The lowest BCUT2D eigenvalue weighted by atomic mass is 9.65. The second-order valence-corrected chi connectivity index (χ2v) is 13.1. The van der Waals surface area contributed by atoms with Crippen molar-refractivity contribution in [3.05, 3.63) is 113 Å². The fourth-order valence-electron chi connectivity index (χ4n) is 7.78. The minimum Gasteiger partial charge on any atom is -0.304 e. The van der Waals surface area contributed by atoms with Gasteiger partial charge in [0.25, 0.3) is 0 Å². The number of benzene rings is 3.